The molecule has 1 heterocycles. The molecule has 1 fully saturated rings. The van der Waals surface area contributed by atoms with E-state index in [9.17, 15) is 4.79 Å². The predicted octanol–water partition coefficient (Wildman–Crippen LogP) is 4.79. The first kappa shape index (κ1) is 14.7. The maximum absolute atomic E-state index is 12.3. The predicted molar refractivity (Wildman–Crippen MR) is 92.6 cm³/mol. The van der Waals surface area contributed by atoms with Gasteiger partial charge in [-0.05, 0) is 41.8 Å². The number of benzene rings is 2. The van der Waals surface area contributed by atoms with Crippen molar-refractivity contribution in [2.45, 2.75) is 18.7 Å². The van der Waals surface area contributed by atoms with Crippen molar-refractivity contribution < 1.29 is 4.79 Å². The first-order valence-electron chi connectivity index (χ1n) is 6.97. The summed E-state index contributed by atoms with van der Waals surface area (Å²) in [5.41, 5.74) is 3.43. The van der Waals surface area contributed by atoms with Crippen LogP contribution in [-0.2, 0) is 11.2 Å². The van der Waals surface area contributed by atoms with Gasteiger partial charge in [0.25, 0.3) is 0 Å². The quantitative estimate of drug-likeness (QED) is 0.783. The van der Waals surface area contributed by atoms with Crippen molar-refractivity contribution in [2.24, 2.45) is 0 Å². The van der Waals surface area contributed by atoms with Gasteiger partial charge >= 0.3 is 0 Å². The Morgan fingerprint density at radius 2 is 1.81 bits per heavy atom. The van der Waals surface area contributed by atoms with E-state index in [1.807, 2.05) is 17.0 Å². The molecule has 0 aromatic heterocycles. The molecular formula is C17H16BrNOS. The fourth-order valence-electron chi connectivity index (χ4n) is 2.47. The van der Waals surface area contributed by atoms with Gasteiger partial charge in [-0.3, -0.25) is 9.69 Å². The van der Waals surface area contributed by atoms with Crippen molar-refractivity contribution in [2.75, 3.05) is 10.7 Å². The van der Waals surface area contributed by atoms with Crippen LogP contribution in [0.2, 0.25) is 0 Å². The molecule has 1 amide bonds. The Hall–Kier alpha value is -1.26. The van der Waals surface area contributed by atoms with Crippen LogP contribution in [0.5, 0.6) is 0 Å². The second-order valence-corrected chi connectivity index (χ2v) is 6.98. The molecule has 0 unspecified atom stereocenters. The zero-order valence-corrected chi connectivity index (χ0v) is 14.2. The summed E-state index contributed by atoms with van der Waals surface area (Å²) in [7, 11) is 0. The van der Waals surface area contributed by atoms with Crippen LogP contribution in [0, 0.1) is 0 Å². The first-order chi connectivity index (χ1) is 10.2. The third-order valence-corrected chi connectivity index (χ3v) is 5.39. The van der Waals surface area contributed by atoms with Gasteiger partial charge in [-0.2, -0.15) is 0 Å². The Morgan fingerprint density at radius 3 is 2.43 bits per heavy atom. The summed E-state index contributed by atoms with van der Waals surface area (Å²) in [5.74, 6) is 0.716. The van der Waals surface area contributed by atoms with Crippen molar-refractivity contribution in [3.63, 3.8) is 0 Å². The van der Waals surface area contributed by atoms with Gasteiger partial charge in [0, 0.05) is 10.2 Å². The molecule has 2 aromatic carbocycles. The number of aryl methyl sites for hydroxylation is 1. The summed E-state index contributed by atoms with van der Waals surface area (Å²) < 4.78 is 1.06. The number of carbonyl (C=O) groups is 1. The largest absolute Gasteiger partial charge is 0.295 e. The molecule has 108 valence electrons. The number of hydrogen-bond donors (Lipinski definition) is 0. The first-order valence-corrected chi connectivity index (χ1v) is 8.81. The summed E-state index contributed by atoms with van der Waals surface area (Å²) in [6.07, 6.45) is 1.01. The highest BCUT2D eigenvalue weighted by atomic mass is 79.9. The number of anilines is 1. The van der Waals surface area contributed by atoms with Crippen molar-refractivity contribution in [3.05, 3.63) is 64.1 Å². The van der Waals surface area contributed by atoms with Crippen LogP contribution in [0.15, 0.2) is 53.0 Å². The second-order valence-electron chi connectivity index (χ2n) is 5.00. The molecule has 1 aliphatic rings. The summed E-state index contributed by atoms with van der Waals surface area (Å²) in [5, 5.41) is 0.0677. The monoisotopic (exact) mass is 361 g/mol. The zero-order valence-electron chi connectivity index (χ0n) is 11.8. The van der Waals surface area contributed by atoms with E-state index in [1.165, 1.54) is 5.56 Å². The fourth-order valence-corrected chi connectivity index (χ4v) is 3.91. The van der Waals surface area contributed by atoms with Gasteiger partial charge in [0.05, 0.1) is 5.75 Å². The second kappa shape index (κ2) is 6.24. The van der Waals surface area contributed by atoms with E-state index in [4.69, 9.17) is 0 Å². The topological polar surface area (TPSA) is 20.3 Å². The van der Waals surface area contributed by atoms with E-state index in [0.717, 1.165) is 22.1 Å². The molecule has 4 heteroatoms. The molecule has 0 radical (unpaired) electrons. The number of thioether (sulfide) groups is 1. The highest BCUT2D eigenvalue weighted by Gasteiger charge is 2.33. The molecule has 2 aromatic rings. The Morgan fingerprint density at radius 1 is 1.14 bits per heavy atom. The van der Waals surface area contributed by atoms with Crippen molar-refractivity contribution in [1.29, 1.82) is 0 Å². The zero-order chi connectivity index (χ0) is 14.8. The summed E-state index contributed by atoms with van der Waals surface area (Å²) in [6.45, 7) is 2.14. The van der Waals surface area contributed by atoms with Gasteiger partial charge < -0.3 is 0 Å². The van der Waals surface area contributed by atoms with Crippen LogP contribution in [0.25, 0.3) is 0 Å². The maximum atomic E-state index is 12.3. The van der Waals surface area contributed by atoms with Gasteiger partial charge in [0.15, 0.2) is 0 Å². The number of nitrogens with zero attached hydrogens (tertiary/aromatic N) is 1. The fraction of sp³-hybridized carbons (Fsp3) is 0.235. The highest BCUT2D eigenvalue weighted by Crippen LogP contribution is 2.41. The molecule has 0 bridgehead atoms. The number of amides is 1. The number of carbonyl (C=O) groups excluding carboxylic acids is 1. The van der Waals surface area contributed by atoms with Gasteiger partial charge in [-0.25, -0.2) is 0 Å². The van der Waals surface area contributed by atoms with Crippen molar-refractivity contribution >= 4 is 39.3 Å². The Bertz CT molecular complexity index is 639. The summed E-state index contributed by atoms with van der Waals surface area (Å²) in [4.78, 5) is 14.2. The Kier molecular flexibility index (Phi) is 4.36. The number of hydrogen-bond acceptors (Lipinski definition) is 2. The third kappa shape index (κ3) is 3.01. The lowest BCUT2D eigenvalue weighted by atomic mass is 10.1. The van der Waals surface area contributed by atoms with E-state index < -0.39 is 0 Å². The summed E-state index contributed by atoms with van der Waals surface area (Å²) >= 11 is 5.14. The molecule has 3 rings (SSSR count). The standard InChI is InChI=1S/C17H16BrNOS/c1-2-12-3-9-15(10-4-12)19-16(20)11-21-17(19)13-5-7-14(18)8-6-13/h3-10,17H,2,11H2,1H3/t17-/m0/s1. The van der Waals surface area contributed by atoms with Crippen molar-refractivity contribution in [3.8, 4) is 0 Å². The average molecular weight is 362 g/mol. The molecule has 0 aliphatic carbocycles. The van der Waals surface area contributed by atoms with Gasteiger partial charge in [0.2, 0.25) is 5.91 Å². The normalized spacial score (nSPS) is 18.3. The van der Waals surface area contributed by atoms with E-state index in [-0.39, 0.29) is 11.3 Å². The highest BCUT2D eigenvalue weighted by molar-refractivity contribution is 9.10. The van der Waals surface area contributed by atoms with E-state index >= 15 is 0 Å². The molecule has 1 saturated heterocycles. The molecule has 2 nitrogen and oxygen atoms in total. The molecule has 1 atom stereocenters. The minimum absolute atomic E-state index is 0.0677. The Balaban J connectivity index is 1.93. The van der Waals surface area contributed by atoms with Crippen LogP contribution < -0.4 is 4.90 Å². The molecule has 1 aliphatic heterocycles. The molecule has 0 N–H and O–H groups in total. The lowest BCUT2D eigenvalue weighted by Crippen LogP contribution is -2.27. The van der Waals surface area contributed by atoms with E-state index in [0.29, 0.717) is 5.75 Å². The molecule has 0 saturated carbocycles. The molecule has 21 heavy (non-hydrogen) atoms. The SMILES string of the molecule is CCc1ccc(N2C(=O)CS[C@H]2c2ccc(Br)cc2)cc1. The van der Waals surface area contributed by atoms with Crippen LogP contribution in [0.4, 0.5) is 5.69 Å². The van der Waals surface area contributed by atoms with E-state index in [1.54, 1.807) is 11.8 Å². The van der Waals surface area contributed by atoms with Gasteiger partial charge in [-0.1, -0.05) is 47.1 Å². The maximum Gasteiger partial charge on any atom is 0.238 e. The van der Waals surface area contributed by atoms with Crippen LogP contribution in [0.3, 0.4) is 0 Å². The van der Waals surface area contributed by atoms with Crippen molar-refractivity contribution in [1.82, 2.24) is 0 Å². The third-order valence-electron chi connectivity index (χ3n) is 3.65. The lowest BCUT2D eigenvalue weighted by Gasteiger charge is -2.24. The minimum Gasteiger partial charge on any atom is -0.295 e. The van der Waals surface area contributed by atoms with E-state index in [2.05, 4.69) is 59.3 Å². The Labute approximate surface area is 137 Å². The lowest BCUT2D eigenvalue weighted by molar-refractivity contribution is -0.115. The summed E-state index contributed by atoms with van der Waals surface area (Å²) in [6, 6.07) is 16.5. The average Bonchev–Trinajstić information content (AvgIpc) is 2.90. The number of rotatable bonds is 3. The van der Waals surface area contributed by atoms with Crippen LogP contribution >= 0.6 is 27.7 Å². The number of halogens is 1. The molecule has 0 spiro atoms. The van der Waals surface area contributed by atoms with Crippen LogP contribution in [-0.4, -0.2) is 11.7 Å². The molecular weight excluding hydrogens is 346 g/mol. The smallest absolute Gasteiger partial charge is 0.238 e. The minimum atomic E-state index is 0.0677. The van der Waals surface area contributed by atoms with Crippen LogP contribution in [0.1, 0.15) is 23.4 Å². The van der Waals surface area contributed by atoms with Gasteiger partial charge in [0.1, 0.15) is 5.37 Å². The van der Waals surface area contributed by atoms with Gasteiger partial charge in [-0.15, -0.1) is 11.8 Å².